The molecule has 1 amide bonds. The summed E-state index contributed by atoms with van der Waals surface area (Å²) in [5, 5.41) is 0.684. The van der Waals surface area contributed by atoms with E-state index in [4.69, 9.17) is 0 Å². The molecule has 2 aromatic heterocycles. The quantitative estimate of drug-likeness (QED) is 0.725. The molecule has 1 saturated heterocycles. The van der Waals surface area contributed by atoms with Gasteiger partial charge in [-0.15, -0.1) is 11.3 Å². The van der Waals surface area contributed by atoms with Gasteiger partial charge >= 0.3 is 0 Å². The predicted octanol–water partition coefficient (Wildman–Crippen LogP) is 4.00. The number of rotatable bonds is 5. The molecule has 170 valence electrons. The van der Waals surface area contributed by atoms with Gasteiger partial charge in [0, 0.05) is 31.9 Å². The highest BCUT2D eigenvalue weighted by atomic mass is 32.2. The third kappa shape index (κ3) is 4.59. The third-order valence-electron chi connectivity index (χ3n) is 6.56. The van der Waals surface area contributed by atoms with Crippen molar-refractivity contribution in [2.45, 2.75) is 76.2 Å². The molecule has 9 heteroatoms. The number of aromatic nitrogens is 2. The minimum Gasteiger partial charge on any atom is -0.345 e. The van der Waals surface area contributed by atoms with Crippen LogP contribution < -0.4 is 4.72 Å². The van der Waals surface area contributed by atoms with E-state index < -0.39 is 10.0 Å². The van der Waals surface area contributed by atoms with Gasteiger partial charge in [0.05, 0.1) is 11.4 Å². The van der Waals surface area contributed by atoms with Gasteiger partial charge in [-0.3, -0.25) is 4.79 Å². The number of nitrogens with one attached hydrogen (secondary N) is 1. The van der Waals surface area contributed by atoms with E-state index in [1.54, 1.807) is 6.07 Å². The molecule has 0 bridgehead atoms. The maximum absolute atomic E-state index is 13.1. The van der Waals surface area contributed by atoms with Gasteiger partial charge in [-0.05, 0) is 45.6 Å². The summed E-state index contributed by atoms with van der Waals surface area (Å²) in [6.07, 6.45) is 8.36. The molecule has 2 aliphatic rings. The highest BCUT2D eigenvalue weighted by molar-refractivity contribution is 7.89. The average Bonchev–Trinajstić information content (AvgIpc) is 3.36. The van der Waals surface area contributed by atoms with Crippen LogP contribution in [0.2, 0.25) is 0 Å². The SMILES string of the molecule is Cc1nc(-c2cc(S(=O)(=O)NC3CCCC3)c(C)n2C)sc1C(=O)N1CCCCCC1. The van der Waals surface area contributed by atoms with Crippen LogP contribution in [0.4, 0.5) is 0 Å². The number of hydrogen-bond acceptors (Lipinski definition) is 5. The van der Waals surface area contributed by atoms with E-state index in [-0.39, 0.29) is 11.9 Å². The number of hydrogen-bond donors (Lipinski definition) is 1. The van der Waals surface area contributed by atoms with E-state index in [0.717, 1.165) is 57.3 Å². The van der Waals surface area contributed by atoms with Crippen molar-refractivity contribution in [2.24, 2.45) is 7.05 Å². The van der Waals surface area contributed by atoms with Crippen molar-refractivity contribution in [1.29, 1.82) is 0 Å². The molecule has 0 unspecified atom stereocenters. The van der Waals surface area contributed by atoms with Gasteiger partial charge in [0.15, 0.2) is 0 Å². The van der Waals surface area contributed by atoms with Crippen LogP contribution in [-0.2, 0) is 17.1 Å². The number of carbonyl (C=O) groups is 1. The van der Waals surface area contributed by atoms with Crippen molar-refractivity contribution in [1.82, 2.24) is 19.2 Å². The van der Waals surface area contributed by atoms with Crippen molar-refractivity contribution in [2.75, 3.05) is 13.1 Å². The predicted molar refractivity (Wildman–Crippen MR) is 123 cm³/mol. The van der Waals surface area contributed by atoms with E-state index in [2.05, 4.69) is 9.71 Å². The normalized spacial score (nSPS) is 18.5. The molecule has 1 N–H and O–H groups in total. The maximum Gasteiger partial charge on any atom is 0.265 e. The molecule has 4 rings (SSSR count). The lowest BCUT2D eigenvalue weighted by molar-refractivity contribution is 0.0765. The second kappa shape index (κ2) is 9.03. The zero-order chi connectivity index (χ0) is 22.2. The van der Waals surface area contributed by atoms with E-state index >= 15 is 0 Å². The lowest BCUT2D eigenvalue weighted by Gasteiger charge is -2.19. The summed E-state index contributed by atoms with van der Waals surface area (Å²) < 4.78 is 30.8. The summed E-state index contributed by atoms with van der Waals surface area (Å²) in [6, 6.07) is 1.72. The van der Waals surface area contributed by atoms with Crippen LogP contribution in [0.25, 0.3) is 10.7 Å². The monoisotopic (exact) mass is 464 g/mol. The summed E-state index contributed by atoms with van der Waals surface area (Å²) in [5.74, 6) is 0.0461. The number of thiazole rings is 1. The number of nitrogens with zero attached hydrogens (tertiary/aromatic N) is 3. The van der Waals surface area contributed by atoms with Crippen molar-refractivity contribution in [3.63, 3.8) is 0 Å². The molecule has 0 aromatic carbocycles. The zero-order valence-electron chi connectivity index (χ0n) is 18.6. The molecule has 31 heavy (non-hydrogen) atoms. The summed E-state index contributed by atoms with van der Waals surface area (Å²) in [4.78, 5) is 20.7. The Morgan fingerprint density at radius 1 is 1.10 bits per heavy atom. The molecular weight excluding hydrogens is 432 g/mol. The first kappa shape index (κ1) is 22.5. The number of aryl methyl sites for hydroxylation is 1. The Morgan fingerprint density at radius 2 is 1.74 bits per heavy atom. The van der Waals surface area contributed by atoms with E-state index in [0.29, 0.717) is 26.2 Å². The van der Waals surface area contributed by atoms with Gasteiger partial charge in [0.2, 0.25) is 10.0 Å². The summed E-state index contributed by atoms with van der Waals surface area (Å²) in [6.45, 7) is 5.27. The van der Waals surface area contributed by atoms with Crippen LogP contribution >= 0.6 is 11.3 Å². The standard InChI is InChI=1S/C22H32N4O3S2/c1-15-20(22(27)26-12-8-4-5-9-13-26)30-21(23-15)18-14-19(16(2)25(18)3)31(28,29)24-17-10-6-7-11-17/h14,17,24H,4-13H2,1-3H3. The van der Waals surface area contributed by atoms with Crippen LogP contribution in [-0.4, -0.2) is 47.9 Å². The first-order valence-electron chi connectivity index (χ1n) is 11.2. The van der Waals surface area contributed by atoms with Gasteiger partial charge in [-0.2, -0.15) is 0 Å². The van der Waals surface area contributed by atoms with Crippen molar-refractivity contribution in [3.05, 3.63) is 22.3 Å². The zero-order valence-corrected chi connectivity index (χ0v) is 20.2. The molecule has 0 atom stereocenters. The molecule has 1 saturated carbocycles. The van der Waals surface area contributed by atoms with Gasteiger partial charge in [-0.1, -0.05) is 25.7 Å². The van der Waals surface area contributed by atoms with E-state index in [1.807, 2.05) is 30.4 Å². The van der Waals surface area contributed by atoms with Gasteiger partial charge < -0.3 is 9.47 Å². The second-order valence-corrected chi connectivity index (χ2v) is 11.5. The fraction of sp³-hybridized carbons (Fsp3) is 0.636. The lowest BCUT2D eigenvalue weighted by atomic mass is 10.2. The highest BCUT2D eigenvalue weighted by Gasteiger charge is 2.29. The van der Waals surface area contributed by atoms with Crippen molar-refractivity contribution >= 4 is 27.3 Å². The average molecular weight is 465 g/mol. The molecule has 1 aliphatic carbocycles. The van der Waals surface area contributed by atoms with Crippen LogP contribution in [0.1, 0.15) is 72.4 Å². The maximum atomic E-state index is 13.1. The fourth-order valence-electron chi connectivity index (χ4n) is 4.60. The molecule has 0 radical (unpaired) electrons. The molecule has 2 aromatic rings. The summed E-state index contributed by atoms with van der Waals surface area (Å²) >= 11 is 1.36. The first-order valence-corrected chi connectivity index (χ1v) is 13.5. The number of likely N-dealkylation sites (tertiary alicyclic amines) is 1. The second-order valence-electron chi connectivity index (χ2n) is 8.78. The lowest BCUT2D eigenvalue weighted by Crippen LogP contribution is -2.32. The third-order valence-corrected chi connectivity index (χ3v) is 9.36. The molecule has 1 aliphatic heterocycles. The van der Waals surface area contributed by atoms with Crippen LogP contribution in [0.3, 0.4) is 0 Å². The van der Waals surface area contributed by atoms with Gasteiger partial charge in [-0.25, -0.2) is 18.1 Å². The Bertz CT molecular complexity index is 1060. The molecule has 3 heterocycles. The largest absolute Gasteiger partial charge is 0.345 e. The van der Waals surface area contributed by atoms with Crippen LogP contribution in [0, 0.1) is 13.8 Å². The van der Waals surface area contributed by atoms with Crippen LogP contribution in [0.15, 0.2) is 11.0 Å². The molecular formula is C22H32N4O3S2. The Morgan fingerprint density at radius 3 is 2.39 bits per heavy atom. The van der Waals surface area contributed by atoms with E-state index in [9.17, 15) is 13.2 Å². The summed E-state index contributed by atoms with van der Waals surface area (Å²) in [7, 11) is -1.74. The number of amides is 1. The first-order chi connectivity index (χ1) is 14.8. The highest BCUT2D eigenvalue weighted by Crippen LogP contribution is 2.33. The summed E-state index contributed by atoms with van der Waals surface area (Å²) in [5.41, 5.74) is 2.11. The molecule has 2 fully saturated rings. The molecule has 0 spiro atoms. The van der Waals surface area contributed by atoms with Crippen molar-refractivity contribution < 1.29 is 13.2 Å². The molecule has 7 nitrogen and oxygen atoms in total. The number of sulfonamides is 1. The van der Waals surface area contributed by atoms with Crippen LogP contribution in [0.5, 0.6) is 0 Å². The van der Waals surface area contributed by atoms with Gasteiger partial charge in [0.1, 0.15) is 14.8 Å². The topological polar surface area (TPSA) is 84.3 Å². The van der Waals surface area contributed by atoms with Gasteiger partial charge in [0.25, 0.3) is 5.91 Å². The Balaban J connectivity index is 1.62. The minimum atomic E-state index is -3.59. The van der Waals surface area contributed by atoms with E-state index in [1.165, 1.54) is 24.2 Å². The minimum absolute atomic E-state index is 0.0213. The Kier molecular flexibility index (Phi) is 6.55. The Hall–Kier alpha value is -1.71. The Labute approximate surface area is 188 Å². The van der Waals surface area contributed by atoms with Crippen molar-refractivity contribution in [3.8, 4) is 10.7 Å². The fourth-order valence-corrected chi connectivity index (χ4v) is 7.28. The smallest absolute Gasteiger partial charge is 0.265 e. The number of carbonyl (C=O) groups excluding carboxylic acids is 1.